The zero-order valence-electron chi connectivity index (χ0n) is 18.0. The van der Waals surface area contributed by atoms with Gasteiger partial charge < -0.3 is 19.1 Å². The molecule has 1 atom stereocenters. The normalized spacial score (nSPS) is 18.5. The lowest BCUT2D eigenvalue weighted by molar-refractivity contribution is 0.186. The molecule has 0 spiro atoms. The van der Waals surface area contributed by atoms with E-state index in [0.717, 1.165) is 66.9 Å². The highest BCUT2D eigenvalue weighted by molar-refractivity contribution is 6.33. The minimum absolute atomic E-state index is 0.539. The van der Waals surface area contributed by atoms with Crippen LogP contribution in [0.1, 0.15) is 19.3 Å². The van der Waals surface area contributed by atoms with Gasteiger partial charge in [0.2, 0.25) is 0 Å². The highest BCUT2D eigenvalue weighted by Gasteiger charge is 2.31. The molecule has 3 aromatic rings. The third-order valence-corrected chi connectivity index (χ3v) is 6.55. The summed E-state index contributed by atoms with van der Waals surface area (Å²) in [5.41, 5.74) is 3.92. The Morgan fingerprint density at radius 2 is 1.94 bits per heavy atom. The van der Waals surface area contributed by atoms with Crippen molar-refractivity contribution in [3.63, 3.8) is 0 Å². The zero-order valence-corrected chi connectivity index (χ0v) is 18.8. The summed E-state index contributed by atoms with van der Waals surface area (Å²) in [5.74, 6) is 2.67. The molecule has 3 heterocycles. The first-order valence-electron chi connectivity index (χ1n) is 10.9. The van der Waals surface area contributed by atoms with Crippen LogP contribution >= 0.6 is 11.6 Å². The number of benzene rings is 1. The van der Waals surface area contributed by atoms with E-state index in [4.69, 9.17) is 30.9 Å². The van der Waals surface area contributed by atoms with Crippen molar-refractivity contribution in [1.29, 1.82) is 0 Å². The smallest absolute Gasteiger partial charge is 0.257 e. The van der Waals surface area contributed by atoms with Crippen molar-refractivity contribution in [3.8, 4) is 22.9 Å². The van der Waals surface area contributed by atoms with Crippen molar-refractivity contribution >= 4 is 22.8 Å². The molecular weight excluding hydrogens is 414 g/mol. The topological polar surface area (TPSA) is 48.2 Å². The van der Waals surface area contributed by atoms with Gasteiger partial charge in [-0.05, 0) is 55.5 Å². The molecule has 2 fully saturated rings. The van der Waals surface area contributed by atoms with E-state index < -0.39 is 0 Å². The molecule has 31 heavy (non-hydrogen) atoms. The van der Waals surface area contributed by atoms with E-state index in [1.807, 2.05) is 28.8 Å². The van der Waals surface area contributed by atoms with E-state index in [2.05, 4.69) is 17.0 Å². The van der Waals surface area contributed by atoms with Crippen LogP contribution in [0.5, 0.6) is 11.6 Å². The predicted octanol–water partition coefficient (Wildman–Crippen LogP) is 4.92. The summed E-state index contributed by atoms with van der Waals surface area (Å²) in [5, 5.41) is 5.47. The van der Waals surface area contributed by atoms with Crippen LogP contribution in [0, 0.1) is 11.8 Å². The predicted molar refractivity (Wildman–Crippen MR) is 123 cm³/mol. The average molecular weight is 442 g/mol. The molecule has 164 valence electrons. The molecule has 1 aliphatic heterocycles. The van der Waals surface area contributed by atoms with Gasteiger partial charge in [-0.25, -0.2) is 4.52 Å². The number of halogens is 1. The average Bonchev–Trinajstić information content (AvgIpc) is 3.30. The van der Waals surface area contributed by atoms with E-state index in [9.17, 15) is 0 Å². The lowest BCUT2D eigenvalue weighted by atomic mass is 10.1. The minimum atomic E-state index is 0.539. The van der Waals surface area contributed by atoms with Gasteiger partial charge in [0.05, 0.1) is 37.1 Å². The highest BCUT2D eigenvalue weighted by atomic mass is 35.5. The van der Waals surface area contributed by atoms with E-state index in [0.29, 0.717) is 16.8 Å². The second-order valence-corrected chi connectivity index (χ2v) is 8.90. The molecule has 1 aliphatic carbocycles. The minimum Gasteiger partial charge on any atom is -0.497 e. The molecule has 1 saturated heterocycles. The number of methoxy groups -OCH3 is 2. The van der Waals surface area contributed by atoms with Crippen molar-refractivity contribution in [2.24, 2.45) is 11.8 Å². The Balaban J connectivity index is 1.60. The van der Waals surface area contributed by atoms with Gasteiger partial charge in [0.25, 0.3) is 5.88 Å². The second kappa shape index (κ2) is 8.60. The summed E-state index contributed by atoms with van der Waals surface area (Å²) in [6, 6.07) is 11.9. The Bertz CT molecular complexity index is 1070. The summed E-state index contributed by atoms with van der Waals surface area (Å²) < 4.78 is 18.7. The maximum Gasteiger partial charge on any atom is 0.257 e. The molecular formula is C24H28ClN3O3. The molecule has 0 N–H and O–H groups in total. The van der Waals surface area contributed by atoms with Crippen LogP contribution < -0.4 is 14.4 Å². The van der Waals surface area contributed by atoms with Crippen LogP contribution in [-0.4, -0.2) is 50.1 Å². The molecule has 1 aromatic carbocycles. The summed E-state index contributed by atoms with van der Waals surface area (Å²) in [4.78, 5) is 2.47. The Morgan fingerprint density at radius 1 is 1.10 bits per heavy atom. The SMILES string of the molecule is COc1ccc(-c2cccc3c(N(CC4CC4)CC4CCOC4)c(OC)nn23)c(Cl)c1. The molecule has 0 radical (unpaired) electrons. The van der Waals surface area contributed by atoms with Crippen LogP contribution in [0.2, 0.25) is 5.02 Å². The van der Waals surface area contributed by atoms with Gasteiger partial charge >= 0.3 is 0 Å². The summed E-state index contributed by atoms with van der Waals surface area (Å²) in [6.07, 6.45) is 3.70. The molecule has 5 rings (SSSR count). The summed E-state index contributed by atoms with van der Waals surface area (Å²) >= 11 is 6.60. The molecule has 2 aliphatic rings. The van der Waals surface area contributed by atoms with Crippen LogP contribution in [0.3, 0.4) is 0 Å². The Hall–Kier alpha value is -2.44. The van der Waals surface area contributed by atoms with Gasteiger partial charge in [-0.2, -0.15) is 0 Å². The van der Waals surface area contributed by atoms with Crippen molar-refractivity contribution < 1.29 is 14.2 Å². The maximum absolute atomic E-state index is 6.60. The fourth-order valence-corrected chi connectivity index (χ4v) is 4.68. The maximum atomic E-state index is 6.60. The monoisotopic (exact) mass is 441 g/mol. The van der Waals surface area contributed by atoms with Crippen LogP contribution in [0.4, 0.5) is 5.69 Å². The molecule has 0 bridgehead atoms. The van der Waals surface area contributed by atoms with Crippen molar-refractivity contribution in [2.75, 3.05) is 45.4 Å². The molecule has 0 amide bonds. The van der Waals surface area contributed by atoms with Crippen LogP contribution in [0.15, 0.2) is 36.4 Å². The number of pyridine rings is 1. The van der Waals surface area contributed by atoms with E-state index in [1.54, 1.807) is 14.2 Å². The highest BCUT2D eigenvalue weighted by Crippen LogP contribution is 2.40. The van der Waals surface area contributed by atoms with Gasteiger partial charge in [-0.3, -0.25) is 0 Å². The number of hydrogen-bond acceptors (Lipinski definition) is 5. The van der Waals surface area contributed by atoms with Crippen molar-refractivity contribution in [2.45, 2.75) is 19.3 Å². The summed E-state index contributed by atoms with van der Waals surface area (Å²) in [6.45, 7) is 3.67. The number of hydrogen-bond donors (Lipinski definition) is 0. The first-order valence-corrected chi connectivity index (χ1v) is 11.3. The number of fused-ring (bicyclic) bond motifs is 1. The Morgan fingerprint density at radius 3 is 2.61 bits per heavy atom. The third-order valence-electron chi connectivity index (χ3n) is 6.24. The van der Waals surface area contributed by atoms with E-state index >= 15 is 0 Å². The van der Waals surface area contributed by atoms with E-state index in [1.165, 1.54) is 12.8 Å². The lowest BCUT2D eigenvalue weighted by Crippen LogP contribution is -2.32. The van der Waals surface area contributed by atoms with Crippen molar-refractivity contribution in [1.82, 2.24) is 9.61 Å². The van der Waals surface area contributed by atoms with Crippen LogP contribution in [0.25, 0.3) is 16.8 Å². The van der Waals surface area contributed by atoms with Gasteiger partial charge in [-0.1, -0.05) is 17.7 Å². The molecule has 2 aromatic heterocycles. The lowest BCUT2D eigenvalue weighted by Gasteiger charge is -2.27. The fourth-order valence-electron chi connectivity index (χ4n) is 4.41. The molecule has 1 saturated carbocycles. The number of anilines is 1. The second-order valence-electron chi connectivity index (χ2n) is 8.49. The van der Waals surface area contributed by atoms with Gasteiger partial charge in [0.15, 0.2) is 0 Å². The van der Waals surface area contributed by atoms with Crippen LogP contribution in [-0.2, 0) is 4.74 Å². The summed E-state index contributed by atoms with van der Waals surface area (Å²) in [7, 11) is 3.33. The van der Waals surface area contributed by atoms with Crippen molar-refractivity contribution in [3.05, 3.63) is 41.4 Å². The third kappa shape index (κ3) is 4.06. The molecule has 7 heteroatoms. The first kappa shape index (κ1) is 20.5. The largest absolute Gasteiger partial charge is 0.497 e. The van der Waals surface area contributed by atoms with Gasteiger partial charge in [-0.15, -0.1) is 5.10 Å². The number of nitrogens with zero attached hydrogens (tertiary/aromatic N) is 3. The Labute approximate surface area is 187 Å². The fraction of sp³-hybridized carbons (Fsp3) is 0.458. The Kier molecular flexibility index (Phi) is 5.67. The number of rotatable bonds is 8. The molecule has 1 unspecified atom stereocenters. The number of ether oxygens (including phenoxy) is 3. The van der Waals surface area contributed by atoms with Gasteiger partial charge in [0, 0.05) is 31.2 Å². The first-order chi connectivity index (χ1) is 15.2. The quantitative estimate of drug-likeness (QED) is 0.496. The zero-order chi connectivity index (χ0) is 21.4. The standard InChI is InChI=1S/C24H28ClN3O3/c1-29-18-8-9-19(20(25)12-18)21-4-3-5-22-23(24(30-2)26-28(21)22)27(13-16-6-7-16)14-17-10-11-31-15-17/h3-5,8-9,12,16-17H,6-7,10-11,13-15H2,1-2H3. The molecule has 6 nitrogen and oxygen atoms in total. The number of aromatic nitrogens is 2. The van der Waals surface area contributed by atoms with Gasteiger partial charge in [0.1, 0.15) is 11.4 Å². The van der Waals surface area contributed by atoms with E-state index in [-0.39, 0.29) is 0 Å².